The highest BCUT2D eigenvalue weighted by Crippen LogP contribution is 2.49. The highest BCUT2D eigenvalue weighted by atomic mass is 35.5. The molecule has 6 rings (SSSR count). The maximum Gasteiger partial charge on any atom is 0.254 e. The number of carbonyl (C=O) groups is 2. The van der Waals surface area contributed by atoms with Crippen LogP contribution in [0.25, 0.3) is 0 Å². The van der Waals surface area contributed by atoms with E-state index in [1.807, 2.05) is 52.3 Å². The fraction of sp³-hybridized carbons (Fsp3) is 0.333. The van der Waals surface area contributed by atoms with E-state index in [0.29, 0.717) is 60.4 Å². The van der Waals surface area contributed by atoms with Gasteiger partial charge in [-0.05, 0) is 53.4 Å². The predicted octanol–water partition coefficient (Wildman–Crippen LogP) is 4.54. The molecule has 3 aromatic rings. The number of hydrogen-bond acceptors (Lipinski definition) is 5. The van der Waals surface area contributed by atoms with Crippen molar-refractivity contribution in [2.75, 3.05) is 51.8 Å². The Morgan fingerprint density at radius 2 is 1.61 bits per heavy atom. The van der Waals surface area contributed by atoms with Gasteiger partial charge in [0.15, 0.2) is 11.5 Å². The maximum absolute atomic E-state index is 14.4. The maximum atomic E-state index is 14.4. The Morgan fingerprint density at radius 1 is 0.868 bits per heavy atom. The summed E-state index contributed by atoms with van der Waals surface area (Å²) in [4.78, 5) is 34.3. The average molecular weight is 532 g/mol. The van der Waals surface area contributed by atoms with Crippen LogP contribution in [0.5, 0.6) is 11.5 Å². The van der Waals surface area contributed by atoms with Crippen molar-refractivity contribution in [2.24, 2.45) is 0 Å². The summed E-state index contributed by atoms with van der Waals surface area (Å²) in [5.41, 5.74) is 4.50. The van der Waals surface area contributed by atoms with Crippen molar-refractivity contribution >= 4 is 29.1 Å². The minimum Gasteiger partial charge on any atom is -0.493 e. The molecule has 3 aromatic carbocycles. The highest BCUT2D eigenvalue weighted by Gasteiger charge is 2.48. The first-order valence-electron chi connectivity index (χ1n) is 12.9. The molecule has 1 saturated heterocycles. The molecular weight excluding hydrogens is 502 g/mol. The summed E-state index contributed by atoms with van der Waals surface area (Å²) >= 11 is 6.21. The van der Waals surface area contributed by atoms with Gasteiger partial charge in [0.25, 0.3) is 5.91 Å². The average Bonchev–Trinajstić information content (AvgIpc) is 2.96. The minimum atomic E-state index is -0.540. The van der Waals surface area contributed by atoms with Crippen LogP contribution < -0.4 is 14.4 Å². The predicted molar refractivity (Wildman–Crippen MR) is 146 cm³/mol. The molecule has 7 nitrogen and oxygen atoms in total. The lowest BCUT2D eigenvalue weighted by Crippen LogP contribution is -2.54. The quantitative estimate of drug-likeness (QED) is 0.494. The van der Waals surface area contributed by atoms with Crippen LogP contribution in [0.3, 0.4) is 0 Å². The number of amides is 2. The number of piperazine rings is 1. The summed E-state index contributed by atoms with van der Waals surface area (Å²) in [5.74, 6) is 0.414. The van der Waals surface area contributed by atoms with Gasteiger partial charge in [0.1, 0.15) is 0 Å². The van der Waals surface area contributed by atoms with Crippen molar-refractivity contribution in [2.45, 2.75) is 18.4 Å². The van der Waals surface area contributed by atoms with E-state index in [0.717, 1.165) is 17.7 Å². The largest absolute Gasteiger partial charge is 0.493 e. The third-order valence-electron chi connectivity index (χ3n) is 8.06. The number of carbonyl (C=O) groups excluding carboxylic acids is 2. The third kappa shape index (κ3) is 4.06. The number of methoxy groups -OCH3 is 2. The topological polar surface area (TPSA) is 62.3 Å². The molecule has 2 amide bonds. The van der Waals surface area contributed by atoms with Crippen LogP contribution in [0.1, 0.15) is 39.0 Å². The molecule has 0 radical (unpaired) electrons. The molecule has 0 N–H and O–H groups in total. The Labute approximate surface area is 227 Å². The molecule has 196 valence electrons. The zero-order valence-electron chi connectivity index (χ0n) is 21.5. The number of rotatable bonds is 4. The van der Waals surface area contributed by atoms with Gasteiger partial charge in [0.05, 0.1) is 26.2 Å². The Balaban J connectivity index is 1.39. The monoisotopic (exact) mass is 531 g/mol. The fourth-order valence-corrected chi connectivity index (χ4v) is 6.35. The molecule has 0 spiro atoms. The number of nitrogens with zero attached hydrogens (tertiary/aromatic N) is 3. The number of anilines is 1. The molecule has 0 bridgehead atoms. The summed E-state index contributed by atoms with van der Waals surface area (Å²) in [5, 5.41) is 0.699. The molecule has 3 aliphatic rings. The van der Waals surface area contributed by atoms with Crippen LogP contribution in [0.4, 0.5) is 5.69 Å². The van der Waals surface area contributed by atoms with Gasteiger partial charge in [0.2, 0.25) is 5.91 Å². The van der Waals surface area contributed by atoms with Gasteiger partial charge < -0.3 is 24.2 Å². The minimum absolute atomic E-state index is 0.0309. The van der Waals surface area contributed by atoms with Crippen LogP contribution in [0.2, 0.25) is 5.02 Å². The summed E-state index contributed by atoms with van der Waals surface area (Å²) in [6.45, 7) is 3.17. The molecule has 0 aliphatic carbocycles. The number of halogens is 1. The lowest BCUT2D eigenvalue weighted by atomic mass is 9.75. The normalized spacial score (nSPS) is 20.4. The fourth-order valence-electron chi connectivity index (χ4n) is 6.17. The van der Waals surface area contributed by atoms with E-state index in [9.17, 15) is 9.59 Å². The lowest BCUT2D eigenvalue weighted by molar-refractivity contribution is -0.135. The molecule has 3 aliphatic heterocycles. The number of hydrogen-bond donors (Lipinski definition) is 0. The van der Waals surface area contributed by atoms with Crippen molar-refractivity contribution in [3.63, 3.8) is 0 Å². The molecule has 3 heterocycles. The lowest BCUT2D eigenvalue weighted by Gasteiger charge is -2.47. The van der Waals surface area contributed by atoms with Gasteiger partial charge in [-0.2, -0.15) is 0 Å². The Hall–Kier alpha value is -3.71. The van der Waals surface area contributed by atoms with Gasteiger partial charge in [0, 0.05) is 49.0 Å². The van der Waals surface area contributed by atoms with Crippen molar-refractivity contribution in [1.29, 1.82) is 0 Å². The van der Waals surface area contributed by atoms with E-state index >= 15 is 0 Å². The standard InChI is InChI=1S/C30H30ClN3O4/c1-37-25-17-23-24(18-26(25)38-2)29(35)34-11-10-19-6-3-4-9-22(19)28(34)27(23)30(36)33-14-12-32(13-15-33)21-8-5-7-20(31)16-21/h3-9,16-18,27-28H,10-15H2,1-2H3/t27-,28-/m1/s1. The van der Waals surface area contributed by atoms with Crippen LogP contribution in [0, 0.1) is 0 Å². The third-order valence-corrected chi connectivity index (χ3v) is 8.30. The smallest absolute Gasteiger partial charge is 0.254 e. The van der Waals surface area contributed by atoms with Crippen LogP contribution in [-0.4, -0.2) is 68.6 Å². The molecule has 1 fully saturated rings. The summed E-state index contributed by atoms with van der Waals surface area (Å²) in [6.07, 6.45) is 0.764. The number of benzene rings is 3. The van der Waals surface area contributed by atoms with Crippen molar-refractivity contribution in [3.05, 3.63) is 87.9 Å². The van der Waals surface area contributed by atoms with Crippen molar-refractivity contribution < 1.29 is 19.1 Å². The van der Waals surface area contributed by atoms with E-state index < -0.39 is 5.92 Å². The molecule has 0 aromatic heterocycles. The molecule has 0 unspecified atom stereocenters. The highest BCUT2D eigenvalue weighted by molar-refractivity contribution is 6.30. The summed E-state index contributed by atoms with van der Waals surface area (Å²) in [7, 11) is 3.13. The van der Waals surface area contributed by atoms with Crippen LogP contribution >= 0.6 is 11.6 Å². The SMILES string of the molecule is COc1cc2c(cc1OC)[C@@H](C(=O)N1CCN(c3cccc(Cl)c3)CC1)[C@H]1c3ccccc3CCN1C2=O. The Morgan fingerprint density at radius 3 is 2.34 bits per heavy atom. The number of ether oxygens (including phenoxy) is 2. The summed E-state index contributed by atoms with van der Waals surface area (Å²) in [6, 6.07) is 19.2. The first-order chi connectivity index (χ1) is 18.5. The van der Waals surface area contributed by atoms with Crippen LogP contribution in [-0.2, 0) is 11.2 Å². The van der Waals surface area contributed by atoms with E-state index in [1.54, 1.807) is 20.3 Å². The van der Waals surface area contributed by atoms with Gasteiger partial charge in [-0.15, -0.1) is 0 Å². The van der Waals surface area contributed by atoms with Crippen molar-refractivity contribution in [3.8, 4) is 11.5 Å². The zero-order chi connectivity index (χ0) is 26.4. The van der Waals surface area contributed by atoms with Gasteiger partial charge in [-0.25, -0.2) is 0 Å². The first-order valence-corrected chi connectivity index (χ1v) is 13.3. The van der Waals surface area contributed by atoms with Gasteiger partial charge in [-0.3, -0.25) is 9.59 Å². The van der Waals surface area contributed by atoms with E-state index in [4.69, 9.17) is 21.1 Å². The molecule has 2 atom stereocenters. The Bertz CT molecular complexity index is 1400. The molecular formula is C30H30ClN3O4. The van der Waals surface area contributed by atoms with Crippen LogP contribution in [0.15, 0.2) is 60.7 Å². The van der Waals surface area contributed by atoms with E-state index in [-0.39, 0.29) is 17.9 Å². The van der Waals surface area contributed by atoms with Gasteiger partial charge >= 0.3 is 0 Å². The van der Waals surface area contributed by atoms with E-state index in [2.05, 4.69) is 17.0 Å². The molecule has 8 heteroatoms. The molecule has 0 saturated carbocycles. The summed E-state index contributed by atoms with van der Waals surface area (Å²) < 4.78 is 11.1. The zero-order valence-corrected chi connectivity index (χ0v) is 22.3. The first kappa shape index (κ1) is 24.6. The second-order valence-electron chi connectivity index (χ2n) is 9.96. The van der Waals surface area contributed by atoms with E-state index in [1.165, 1.54) is 5.56 Å². The molecule has 38 heavy (non-hydrogen) atoms. The van der Waals surface area contributed by atoms with Crippen molar-refractivity contribution in [1.82, 2.24) is 9.80 Å². The second-order valence-corrected chi connectivity index (χ2v) is 10.4. The Kier molecular flexibility index (Phi) is 6.40. The number of fused-ring (bicyclic) bond motifs is 4. The van der Waals surface area contributed by atoms with Gasteiger partial charge in [-0.1, -0.05) is 41.9 Å². The second kappa shape index (κ2) is 9.87.